The third-order valence-electron chi connectivity index (χ3n) is 7.62. The van der Waals surface area contributed by atoms with Crippen LogP contribution in [-0.4, -0.2) is 50.3 Å². The lowest BCUT2D eigenvalue weighted by molar-refractivity contribution is -0.302. The number of nitriles is 1. The van der Waals surface area contributed by atoms with Crippen LogP contribution in [0, 0.1) is 16.7 Å². The first-order valence-corrected chi connectivity index (χ1v) is 13.8. The molecule has 0 unspecified atom stereocenters. The molecule has 232 valence electrons. The number of anilines is 2. The number of alkyl halides is 3. The smallest absolute Gasteiger partial charge is 0.421 e. The molecule has 1 saturated heterocycles. The summed E-state index contributed by atoms with van der Waals surface area (Å²) in [4.78, 5) is 28.2. The van der Waals surface area contributed by atoms with Crippen LogP contribution in [0.4, 0.5) is 24.7 Å². The lowest BCUT2D eigenvalue weighted by Gasteiger charge is -2.41. The summed E-state index contributed by atoms with van der Waals surface area (Å²) in [5.74, 6) is -0.396. The maximum atomic E-state index is 14.0. The average molecular weight is 604 g/mol. The van der Waals surface area contributed by atoms with Gasteiger partial charge in [-0.2, -0.15) is 23.5 Å². The normalized spacial score (nSPS) is 21.2. The number of hydrogen-bond acceptors (Lipinski definition) is 8. The number of halogens is 3. The highest BCUT2D eigenvalue weighted by molar-refractivity contribution is 5.91. The van der Waals surface area contributed by atoms with Crippen LogP contribution < -0.4 is 10.9 Å². The van der Waals surface area contributed by atoms with Gasteiger partial charge in [-0.15, -0.1) is 0 Å². The van der Waals surface area contributed by atoms with Crippen LogP contribution in [0.15, 0.2) is 41.3 Å². The molecule has 10 nitrogen and oxygen atoms in total. The van der Waals surface area contributed by atoms with Crippen LogP contribution in [0.25, 0.3) is 10.9 Å². The number of carbonyl (C=O) groups is 1. The van der Waals surface area contributed by atoms with E-state index in [-0.39, 0.29) is 36.2 Å². The SMILES string of the molecule is CC(C)(C)OC(=O)[C@@H]1CC[C@@](CC#N)(n2nc(Nc3ccc([C@@](O)(C(C)(C)C)C(F)(F)F)cc3)c3c(=O)[nH]ccc32)CO1. The zero-order chi connectivity index (χ0) is 32.0. The molecule has 1 aliphatic rings. The first kappa shape index (κ1) is 32.0. The van der Waals surface area contributed by atoms with Gasteiger partial charge in [0.2, 0.25) is 0 Å². The molecule has 13 heteroatoms. The fourth-order valence-corrected chi connectivity index (χ4v) is 5.37. The number of esters is 1. The fraction of sp³-hybridized carbons (Fsp3) is 0.533. The van der Waals surface area contributed by atoms with E-state index in [1.165, 1.54) is 51.2 Å². The topological polar surface area (TPSA) is 142 Å². The van der Waals surface area contributed by atoms with Crippen LogP contribution in [0.3, 0.4) is 0 Å². The lowest BCUT2D eigenvalue weighted by atomic mass is 9.71. The molecule has 3 atom stereocenters. The molecule has 1 aromatic carbocycles. The number of rotatable bonds is 6. The van der Waals surface area contributed by atoms with Gasteiger partial charge in [-0.05, 0) is 57.4 Å². The standard InChI is InChI=1S/C30H36F3N5O5/c1-26(2,3)29(41,30(31,32)33)18-7-9-19(10-8-18)36-23-22-20(12-16-35-24(22)39)38(37-23)28(14-15-34)13-11-21(42-17-28)25(40)43-27(4,5)6/h7-10,12,16,21,41H,11,13-14,17H2,1-6H3,(H,35,39)(H,36,37)/t21-,28-,29+/m0/s1. The molecular weight excluding hydrogens is 567 g/mol. The number of fused-ring (bicyclic) bond motifs is 1. The first-order valence-electron chi connectivity index (χ1n) is 13.8. The Morgan fingerprint density at radius 3 is 2.37 bits per heavy atom. The van der Waals surface area contributed by atoms with E-state index in [0.717, 1.165) is 0 Å². The maximum absolute atomic E-state index is 14.0. The Balaban J connectivity index is 1.70. The number of nitrogens with one attached hydrogen (secondary N) is 2. The molecule has 0 bridgehead atoms. The van der Waals surface area contributed by atoms with Gasteiger partial charge in [0.25, 0.3) is 5.56 Å². The number of aromatic nitrogens is 3. The number of hydrogen-bond donors (Lipinski definition) is 3. The van der Waals surface area contributed by atoms with Crippen molar-refractivity contribution in [3.8, 4) is 6.07 Å². The van der Waals surface area contributed by atoms with Crippen molar-refractivity contribution < 1.29 is 32.5 Å². The monoisotopic (exact) mass is 603 g/mol. The van der Waals surface area contributed by atoms with Gasteiger partial charge in [0.1, 0.15) is 11.0 Å². The van der Waals surface area contributed by atoms with E-state index >= 15 is 0 Å². The number of pyridine rings is 1. The van der Waals surface area contributed by atoms with E-state index in [1.54, 1.807) is 31.5 Å². The molecule has 0 amide bonds. The summed E-state index contributed by atoms with van der Waals surface area (Å²) >= 11 is 0. The molecule has 3 N–H and O–H groups in total. The number of benzene rings is 1. The molecule has 1 fully saturated rings. The summed E-state index contributed by atoms with van der Waals surface area (Å²) in [5, 5.41) is 28.3. The number of ether oxygens (including phenoxy) is 2. The largest absolute Gasteiger partial charge is 0.458 e. The van der Waals surface area contributed by atoms with Gasteiger partial charge in [0.05, 0.1) is 30.2 Å². The van der Waals surface area contributed by atoms with Crippen molar-refractivity contribution in [1.29, 1.82) is 5.26 Å². The van der Waals surface area contributed by atoms with Crippen LogP contribution in [0.5, 0.6) is 0 Å². The Labute approximate surface area is 246 Å². The highest BCUT2D eigenvalue weighted by atomic mass is 19.4. The molecule has 2 aromatic heterocycles. The van der Waals surface area contributed by atoms with Gasteiger partial charge in [-0.1, -0.05) is 32.9 Å². The van der Waals surface area contributed by atoms with Crippen molar-refractivity contribution in [3.05, 3.63) is 52.4 Å². The predicted octanol–water partition coefficient (Wildman–Crippen LogP) is 5.39. The van der Waals surface area contributed by atoms with Gasteiger partial charge in [-0.25, -0.2) is 4.79 Å². The van der Waals surface area contributed by atoms with Crippen LogP contribution in [0.2, 0.25) is 0 Å². The molecule has 0 spiro atoms. The Kier molecular flexibility index (Phi) is 8.19. The summed E-state index contributed by atoms with van der Waals surface area (Å²) in [7, 11) is 0. The van der Waals surface area contributed by atoms with Crippen molar-refractivity contribution in [2.24, 2.45) is 5.41 Å². The van der Waals surface area contributed by atoms with Crippen LogP contribution >= 0.6 is 0 Å². The summed E-state index contributed by atoms with van der Waals surface area (Å²) in [6.45, 7) is 9.13. The molecule has 1 aliphatic heterocycles. The zero-order valence-electron chi connectivity index (χ0n) is 24.9. The molecule has 43 heavy (non-hydrogen) atoms. The van der Waals surface area contributed by atoms with Gasteiger partial charge < -0.3 is 24.9 Å². The van der Waals surface area contributed by atoms with Crippen molar-refractivity contribution in [3.63, 3.8) is 0 Å². The van der Waals surface area contributed by atoms with Crippen LogP contribution in [0.1, 0.15) is 66.4 Å². The molecule has 0 radical (unpaired) electrons. The number of aliphatic hydroxyl groups is 1. The predicted molar refractivity (Wildman–Crippen MR) is 153 cm³/mol. The quantitative estimate of drug-likeness (QED) is 0.318. The second kappa shape index (κ2) is 11.0. The molecule has 3 heterocycles. The van der Waals surface area contributed by atoms with E-state index in [0.29, 0.717) is 17.6 Å². The minimum absolute atomic E-state index is 0.0332. The average Bonchev–Trinajstić information content (AvgIpc) is 3.27. The minimum atomic E-state index is -4.93. The summed E-state index contributed by atoms with van der Waals surface area (Å²) in [6.07, 6.45) is -3.77. The third-order valence-corrected chi connectivity index (χ3v) is 7.62. The fourth-order valence-electron chi connectivity index (χ4n) is 5.37. The molecule has 4 rings (SSSR count). The molecule has 3 aromatic rings. The Hall–Kier alpha value is -3.89. The molecule has 0 aliphatic carbocycles. The highest BCUT2D eigenvalue weighted by Gasteiger charge is 2.61. The van der Waals surface area contributed by atoms with Crippen molar-refractivity contribution in [1.82, 2.24) is 14.8 Å². The number of aromatic amines is 1. The molecule has 0 saturated carbocycles. The van der Waals surface area contributed by atoms with Crippen molar-refractivity contribution in [2.45, 2.75) is 89.8 Å². The van der Waals surface area contributed by atoms with E-state index in [4.69, 9.17) is 9.47 Å². The molecular formula is C30H36F3N5O5. The summed E-state index contributed by atoms with van der Waals surface area (Å²) in [6, 6.07) is 8.86. The zero-order valence-corrected chi connectivity index (χ0v) is 24.9. The van der Waals surface area contributed by atoms with Gasteiger partial charge >= 0.3 is 12.1 Å². The summed E-state index contributed by atoms with van der Waals surface area (Å²) in [5.41, 5.74) is -6.46. The van der Waals surface area contributed by atoms with Crippen LogP contribution in [-0.2, 0) is 25.4 Å². The van der Waals surface area contributed by atoms with E-state index < -0.39 is 46.0 Å². The maximum Gasteiger partial charge on any atom is 0.421 e. The number of carbonyl (C=O) groups excluding carboxylic acids is 1. The highest BCUT2D eigenvalue weighted by Crippen LogP contribution is 2.50. The Morgan fingerprint density at radius 1 is 1.21 bits per heavy atom. The number of H-pyrrole nitrogens is 1. The number of nitrogens with zero attached hydrogens (tertiary/aromatic N) is 3. The third kappa shape index (κ3) is 5.99. The van der Waals surface area contributed by atoms with Crippen molar-refractivity contribution in [2.75, 3.05) is 11.9 Å². The first-order chi connectivity index (χ1) is 19.8. The van der Waals surface area contributed by atoms with E-state index in [9.17, 15) is 33.1 Å². The van der Waals surface area contributed by atoms with Crippen molar-refractivity contribution >= 4 is 28.4 Å². The van der Waals surface area contributed by atoms with Gasteiger partial charge in [0, 0.05) is 17.3 Å². The Bertz CT molecular complexity index is 1570. The minimum Gasteiger partial charge on any atom is -0.458 e. The lowest BCUT2D eigenvalue weighted by Crippen LogP contribution is -2.52. The summed E-state index contributed by atoms with van der Waals surface area (Å²) < 4.78 is 54.9. The second-order valence-electron chi connectivity index (χ2n) is 12.9. The Morgan fingerprint density at radius 2 is 1.86 bits per heavy atom. The van der Waals surface area contributed by atoms with Gasteiger partial charge in [-0.3, -0.25) is 9.48 Å². The van der Waals surface area contributed by atoms with E-state index in [2.05, 4.69) is 21.5 Å². The van der Waals surface area contributed by atoms with E-state index in [1.807, 2.05) is 0 Å². The second-order valence-corrected chi connectivity index (χ2v) is 12.9. The van der Waals surface area contributed by atoms with Gasteiger partial charge in [0.15, 0.2) is 17.5 Å².